The number of ether oxygens (including phenoxy) is 1. The van der Waals surface area contributed by atoms with Crippen molar-refractivity contribution >= 4 is 12.2 Å². The average Bonchev–Trinajstić information content (AvgIpc) is 2.32. The van der Waals surface area contributed by atoms with Crippen molar-refractivity contribution in [3.63, 3.8) is 0 Å². The number of hydrogen-bond donors (Lipinski definition) is 1. The Morgan fingerprint density at radius 3 is 2.92 bits per heavy atom. The summed E-state index contributed by atoms with van der Waals surface area (Å²) in [6.45, 7) is 3.41. The highest BCUT2D eigenvalue weighted by atomic mass is 32.1. The molecule has 0 fully saturated rings. The van der Waals surface area contributed by atoms with E-state index in [1.165, 1.54) is 0 Å². The molecule has 1 aromatic heterocycles. The minimum absolute atomic E-state index is 0.585. The second-order valence-electron chi connectivity index (χ2n) is 2.46. The van der Waals surface area contributed by atoms with Crippen LogP contribution in [0.1, 0.15) is 12.7 Å². The van der Waals surface area contributed by atoms with Crippen molar-refractivity contribution in [2.45, 2.75) is 13.3 Å². The van der Waals surface area contributed by atoms with Crippen LogP contribution in [-0.2, 0) is 18.2 Å². The molecule has 4 nitrogen and oxygen atoms in total. The van der Waals surface area contributed by atoms with Crippen LogP contribution in [0.25, 0.3) is 0 Å². The number of rotatable bonds is 4. The summed E-state index contributed by atoms with van der Waals surface area (Å²) in [6, 6.07) is 0. The molecule has 0 radical (unpaired) electrons. The van der Waals surface area contributed by atoms with Crippen molar-refractivity contribution in [1.29, 1.82) is 0 Å². The van der Waals surface area contributed by atoms with E-state index in [0.717, 1.165) is 18.9 Å². The van der Waals surface area contributed by atoms with Gasteiger partial charge in [-0.25, -0.2) is 4.98 Å². The van der Waals surface area contributed by atoms with Crippen molar-refractivity contribution in [2.75, 3.05) is 13.2 Å². The van der Waals surface area contributed by atoms with Gasteiger partial charge < -0.3 is 4.74 Å². The first kappa shape index (κ1) is 9.41. The van der Waals surface area contributed by atoms with E-state index in [4.69, 9.17) is 17.0 Å². The van der Waals surface area contributed by atoms with Crippen molar-refractivity contribution in [1.82, 2.24) is 14.8 Å². The Morgan fingerprint density at radius 1 is 1.67 bits per heavy atom. The minimum Gasteiger partial charge on any atom is -0.381 e. The van der Waals surface area contributed by atoms with Crippen LogP contribution in [0.15, 0.2) is 0 Å². The smallest absolute Gasteiger partial charge is 0.215 e. The lowest BCUT2D eigenvalue weighted by Crippen LogP contribution is -2.00. The van der Waals surface area contributed by atoms with Gasteiger partial charge in [-0.1, -0.05) is 0 Å². The summed E-state index contributed by atoms with van der Waals surface area (Å²) in [7, 11) is 1.85. The predicted molar refractivity (Wildman–Crippen MR) is 48.6 cm³/mol. The summed E-state index contributed by atoms with van der Waals surface area (Å²) >= 11 is 4.93. The van der Waals surface area contributed by atoms with Gasteiger partial charge in [0.1, 0.15) is 5.82 Å². The van der Waals surface area contributed by atoms with Crippen molar-refractivity contribution < 1.29 is 4.74 Å². The van der Waals surface area contributed by atoms with Crippen molar-refractivity contribution in [2.24, 2.45) is 7.05 Å². The molecule has 0 saturated heterocycles. The molecule has 1 N–H and O–H groups in total. The number of aromatic amines is 1. The third-order valence-corrected chi connectivity index (χ3v) is 1.87. The largest absolute Gasteiger partial charge is 0.381 e. The molecule has 0 aliphatic rings. The highest BCUT2D eigenvalue weighted by molar-refractivity contribution is 7.71. The van der Waals surface area contributed by atoms with E-state index in [9.17, 15) is 0 Å². The second kappa shape index (κ2) is 4.37. The number of nitrogens with zero attached hydrogens (tertiary/aromatic N) is 2. The molecule has 0 saturated carbocycles. The van der Waals surface area contributed by atoms with E-state index < -0.39 is 0 Å². The Labute approximate surface area is 76.6 Å². The number of hydrogen-bond acceptors (Lipinski definition) is 3. The van der Waals surface area contributed by atoms with Gasteiger partial charge in [-0.3, -0.25) is 9.78 Å². The standard InChI is InChI=1S/C7H13N3OS/c1-3-11-5-4-6-8-7(12)10(2)9-6/h3-5H2,1-2H3,(H,8,9,12). The summed E-state index contributed by atoms with van der Waals surface area (Å²) in [6.07, 6.45) is 0.790. The fourth-order valence-corrected chi connectivity index (χ4v) is 1.04. The van der Waals surface area contributed by atoms with Crippen molar-refractivity contribution in [3.8, 4) is 0 Å². The molecule has 0 aliphatic heterocycles. The lowest BCUT2D eigenvalue weighted by molar-refractivity contribution is 0.149. The molecule has 5 heteroatoms. The maximum atomic E-state index is 5.18. The lowest BCUT2D eigenvalue weighted by atomic mass is 10.4. The van der Waals surface area contributed by atoms with Gasteiger partial charge >= 0.3 is 0 Å². The molecule has 0 bridgehead atoms. The molecule has 68 valence electrons. The highest BCUT2D eigenvalue weighted by Gasteiger charge is 1.97. The SMILES string of the molecule is CCOCCc1nc(=S)n(C)[nH]1. The second-order valence-corrected chi connectivity index (χ2v) is 2.82. The molecule has 0 amide bonds. The van der Waals surface area contributed by atoms with Crippen LogP contribution in [0.4, 0.5) is 0 Å². The molecular formula is C7H13N3OS. The summed E-state index contributed by atoms with van der Waals surface area (Å²) in [5.74, 6) is 0.885. The molecular weight excluding hydrogens is 174 g/mol. The fraction of sp³-hybridized carbons (Fsp3) is 0.714. The number of aryl methyl sites for hydroxylation is 1. The van der Waals surface area contributed by atoms with Gasteiger partial charge in [0.15, 0.2) is 0 Å². The third-order valence-electron chi connectivity index (χ3n) is 1.50. The van der Waals surface area contributed by atoms with Gasteiger partial charge in [-0.2, -0.15) is 0 Å². The quantitative estimate of drug-likeness (QED) is 0.566. The predicted octanol–water partition coefficient (Wildman–Crippen LogP) is 1.06. The van der Waals surface area contributed by atoms with Crippen LogP contribution in [-0.4, -0.2) is 28.0 Å². The molecule has 0 spiro atoms. The zero-order valence-electron chi connectivity index (χ0n) is 7.33. The van der Waals surface area contributed by atoms with Crippen LogP contribution in [0, 0.1) is 4.77 Å². The number of H-pyrrole nitrogens is 1. The van der Waals surface area contributed by atoms with Crippen LogP contribution in [0.5, 0.6) is 0 Å². The van der Waals surface area contributed by atoms with E-state index in [1.807, 2.05) is 14.0 Å². The van der Waals surface area contributed by atoms with Crippen molar-refractivity contribution in [3.05, 3.63) is 10.6 Å². The molecule has 1 heterocycles. The first-order chi connectivity index (χ1) is 5.74. The van der Waals surface area contributed by atoms with E-state index in [-0.39, 0.29) is 0 Å². The Morgan fingerprint density at radius 2 is 2.42 bits per heavy atom. The van der Waals surface area contributed by atoms with Gasteiger partial charge in [0.25, 0.3) is 0 Å². The Bertz CT molecular complexity index is 291. The van der Waals surface area contributed by atoms with Crippen LogP contribution in [0.3, 0.4) is 0 Å². The maximum Gasteiger partial charge on any atom is 0.215 e. The summed E-state index contributed by atoms with van der Waals surface area (Å²) < 4.78 is 7.49. The third kappa shape index (κ3) is 2.42. The Hall–Kier alpha value is -0.680. The maximum absolute atomic E-state index is 5.18. The molecule has 0 unspecified atom stereocenters. The van der Waals surface area contributed by atoms with E-state index in [0.29, 0.717) is 11.4 Å². The molecule has 12 heavy (non-hydrogen) atoms. The Kier molecular flexibility index (Phi) is 3.43. The first-order valence-corrected chi connectivity index (χ1v) is 4.34. The summed E-state index contributed by atoms with van der Waals surface area (Å²) in [5.41, 5.74) is 0. The van der Waals surface area contributed by atoms with Crippen LogP contribution < -0.4 is 0 Å². The van der Waals surface area contributed by atoms with Gasteiger partial charge in [0.2, 0.25) is 4.77 Å². The first-order valence-electron chi connectivity index (χ1n) is 3.93. The molecule has 0 atom stereocenters. The highest BCUT2D eigenvalue weighted by Crippen LogP contribution is 1.92. The monoisotopic (exact) mass is 187 g/mol. The van der Waals surface area contributed by atoms with Gasteiger partial charge in [0.05, 0.1) is 6.61 Å². The zero-order chi connectivity index (χ0) is 8.97. The topological polar surface area (TPSA) is 42.8 Å². The molecule has 0 aliphatic carbocycles. The Balaban J connectivity index is 2.47. The van der Waals surface area contributed by atoms with Crippen LogP contribution >= 0.6 is 12.2 Å². The van der Waals surface area contributed by atoms with Crippen LogP contribution in [0.2, 0.25) is 0 Å². The molecule has 1 rings (SSSR count). The van der Waals surface area contributed by atoms with E-state index >= 15 is 0 Å². The molecule has 0 aromatic carbocycles. The fourth-order valence-electron chi connectivity index (χ4n) is 0.882. The van der Waals surface area contributed by atoms with E-state index in [2.05, 4.69) is 10.1 Å². The summed E-state index contributed by atoms with van der Waals surface area (Å²) in [4.78, 5) is 4.12. The number of nitrogens with one attached hydrogen (secondary N) is 1. The normalized spacial score (nSPS) is 10.5. The van der Waals surface area contributed by atoms with Gasteiger partial charge in [-0.15, -0.1) is 0 Å². The van der Waals surface area contributed by atoms with Gasteiger partial charge in [0, 0.05) is 20.1 Å². The lowest BCUT2D eigenvalue weighted by Gasteiger charge is -1.96. The molecule has 1 aromatic rings. The zero-order valence-corrected chi connectivity index (χ0v) is 8.15. The van der Waals surface area contributed by atoms with Gasteiger partial charge in [-0.05, 0) is 19.1 Å². The summed E-state index contributed by atoms with van der Waals surface area (Å²) in [5, 5.41) is 3.02. The van der Waals surface area contributed by atoms with E-state index in [1.54, 1.807) is 4.68 Å². The minimum atomic E-state index is 0.585. The number of aromatic nitrogens is 3. The average molecular weight is 187 g/mol.